The normalized spacial score (nSPS) is 23.5. The lowest BCUT2D eigenvalue weighted by Gasteiger charge is -2.35. The topological polar surface area (TPSA) is 24.4 Å². The maximum Gasteiger partial charge on any atom is 0.128 e. The van der Waals surface area contributed by atoms with E-state index in [1.165, 1.54) is 16.7 Å². The first kappa shape index (κ1) is 12.7. The molecule has 1 heterocycles. The Balaban J connectivity index is 1.60. The summed E-state index contributed by atoms with van der Waals surface area (Å²) in [4.78, 5) is 4.75. The van der Waals surface area contributed by atoms with Crippen LogP contribution in [0.2, 0.25) is 0 Å². The van der Waals surface area contributed by atoms with Crippen molar-refractivity contribution in [2.24, 2.45) is 4.99 Å². The number of fused-ring (bicyclic) bond motifs is 1. The Hall–Kier alpha value is -2.03. The van der Waals surface area contributed by atoms with E-state index in [1.54, 1.807) is 0 Å². The van der Waals surface area contributed by atoms with Gasteiger partial charge in [-0.2, -0.15) is 0 Å². The number of amidine groups is 1. The smallest absolute Gasteiger partial charge is 0.128 e. The zero-order valence-corrected chi connectivity index (χ0v) is 12.0. The van der Waals surface area contributed by atoms with Gasteiger partial charge in [0.2, 0.25) is 0 Å². The van der Waals surface area contributed by atoms with Crippen molar-refractivity contribution in [2.75, 3.05) is 6.54 Å². The number of benzene rings is 2. The van der Waals surface area contributed by atoms with Crippen LogP contribution in [0.15, 0.2) is 53.5 Å². The predicted octanol–water partition coefficient (Wildman–Crippen LogP) is 1.76. The molecule has 1 unspecified atom stereocenters. The molecular formula is C18H17BN2. The zero-order valence-electron chi connectivity index (χ0n) is 12.0. The summed E-state index contributed by atoms with van der Waals surface area (Å²) in [6.45, 7) is 0.853. The maximum atomic E-state index is 6.10. The Labute approximate surface area is 126 Å². The number of nitrogens with zero attached hydrogens (tertiary/aromatic N) is 1. The standard InChI is InChI=1S/C18H17BN2/c19-16-8-4-7-14-11-18(10-9-15(14)16)12-20-17(21-18)13-5-2-1-3-6-13/h1-8H,9-12H2,(H,20,21). The molecule has 2 aromatic rings. The first-order valence-corrected chi connectivity index (χ1v) is 7.50. The molecule has 2 radical (unpaired) electrons. The van der Waals surface area contributed by atoms with Crippen molar-refractivity contribution in [3.05, 3.63) is 65.2 Å². The van der Waals surface area contributed by atoms with Gasteiger partial charge < -0.3 is 5.32 Å². The van der Waals surface area contributed by atoms with Crippen molar-refractivity contribution in [1.29, 1.82) is 0 Å². The van der Waals surface area contributed by atoms with Crippen LogP contribution in [0.4, 0.5) is 0 Å². The molecule has 0 fully saturated rings. The molecule has 2 aliphatic rings. The highest BCUT2D eigenvalue weighted by atomic mass is 15.1. The molecule has 2 aromatic carbocycles. The van der Waals surface area contributed by atoms with Gasteiger partial charge in [-0.25, -0.2) is 0 Å². The average molecular weight is 272 g/mol. The van der Waals surface area contributed by atoms with Crippen LogP contribution in [0.25, 0.3) is 0 Å². The van der Waals surface area contributed by atoms with Crippen molar-refractivity contribution in [3.8, 4) is 0 Å². The SMILES string of the molecule is [B]c1cccc2c1CCC1(CN=C(c3ccccc3)N1)C2. The summed E-state index contributed by atoms with van der Waals surface area (Å²) < 4.78 is 0. The quantitative estimate of drug-likeness (QED) is 0.786. The van der Waals surface area contributed by atoms with Crippen LogP contribution < -0.4 is 10.8 Å². The van der Waals surface area contributed by atoms with Crippen LogP contribution in [0.1, 0.15) is 23.1 Å². The number of rotatable bonds is 1. The number of nitrogens with one attached hydrogen (secondary N) is 1. The first-order valence-electron chi connectivity index (χ1n) is 7.50. The molecule has 0 saturated heterocycles. The fourth-order valence-electron chi connectivity index (χ4n) is 3.50. The van der Waals surface area contributed by atoms with Gasteiger partial charge in [0.1, 0.15) is 13.7 Å². The summed E-state index contributed by atoms with van der Waals surface area (Å²) in [6, 6.07) is 16.6. The molecule has 21 heavy (non-hydrogen) atoms. The van der Waals surface area contributed by atoms with Crippen molar-refractivity contribution in [3.63, 3.8) is 0 Å². The summed E-state index contributed by atoms with van der Waals surface area (Å²) >= 11 is 0. The van der Waals surface area contributed by atoms with E-state index in [0.717, 1.165) is 37.1 Å². The Kier molecular flexibility index (Phi) is 2.88. The molecule has 0 bridgehead atoms. The summed E-state index contributed by atoms with van der Waals surface area (Å²) in [7, 11) is 6.10. The highest BCUT2D eigenvalue weighted by molar-refractivity contribution is 6.33. The summed E-state index contributed by atoms with van der Waals surface area (Å²) in [5.41, 5.74) is 4.89. The second kappa shape index (κ2) is 4.76. The fraction of sp³-hybridized carbons (Fsp3) is 0.278. The van der Waals surface area contributed by atoms with Crippen molar-refractivity contribution >= 4 is 19.1 Å². The van der Waals surface area contributed by atoms with E-state index in [1.807, 2.05) is 12.1 Å². The summed E-state index contributed by atoms with van der Waals surface area (Å²) in [6.07, 6.45) is 3.13. The van der Waals surface area contributed by atoms with E-state index >= 15 is 0 Å². The van der Waals surface area contributed by atoms with Gasteiger partial charge in [0.15, 0.2) is 0 Å². The lowest BCUT2D eigenvalue weighted by atomic mass is 9.74. The van der Waals surface area contributed by atoms with Gasteiger partial charge >= 0.3 is 0 Å². The Morgan fingerprint density at radius 2 is 1.90 bits per heavy atom. The molecule has 3 heteroatoms. The number of hydrogen-bond donors (Lipinski definition) is 1. The first-order chi connectivity index (χ1) is 10.3. The van der Waals surface area contributed by atoms with Crippen LogP contribution in [-0.4, -0.2) is 25.8 Å². The number of hydrogen-bond acceptors (Lipinski definition) is 2. The highest BCUT2D eigenvalue weighted by Crippen LogP contribution is 2.31. The van der Waals surface area contributed by atoms with Crippen LogP contribution in [-0.2, 0) is 12.8 Å². The van der Waals surface area contributed by atoms with Crippen molar-refractivity contribution in [1.82, 2.24) is 5.32 Å². The summed E-state index contributed by atoms with van der Waals surface area (Å²) in [5, 5.41) is 3.69. The largest absolute Gasteiger partial charge is 0.362 e. The van der Waals surface area contributed by atoms with Gasteiger partial charge in [-0.1, -0.05) is 59.6 Å². The Bertz CT molecular complexity index is 708. The van der Waals surface area contributed by atoms with Gasteiger partial charge in [-0.3, -0.25) is 4.99 Å². The maximum absolute atomic E-state index is 6.10. The van der Waals surface area contributed by atoms with Gasteiger partial charge in [-0.15, -0.1) is 0 Å². The molecular weight excluding hydrogens is 255 g/mol. The second-order valence-corrected chi connectivity index (χ2v) is 6.10. The minimum absolute atomic E-state index is 0.0754. The fourth-order valence-corrected chi connectivity index (χ4v) is 3.50. The molecule has 102 valence electrons. The highest BCUT2D eigenvalue weighted by Gasteiger charge is 2.38. The minimum atomic E-state index is 0.0754. The van der Waals surface area contributed by atoms with Gasteiger partial charge in [-0.05, 0) is 24.8 Å². The third kappa shape index (κ3) is 2.17. The monoisotopic (exact) mass is 272 g/mol. The van der Waals surface area contributed by atoms with E-state index in [2.05, 4.69) is 41.7 Å². The van der Waals surface area contributed by atoms with E-state index in [4.69, 9.17) is 12.8 Å². The van der Waals surface area contributed by atoms with Crippen molar-refractivity contribution in [2.45, 2.75) is 24.8 Å². The van der Waals surface area contributed by atoms with Gasteiger partial charge in [0.05, 0.1) is 12.1 Å². The van der Waals surface area contributed by atoms with Crippen LogP contribution in [0, 0.1) is 0 Å². The molecule has 0 amide bonds. The molecule has 2 nitrogen and oxygen atoms in total. The molecule has 1 atom stereocenters. The average Bonchev–Trinajstić information content (AvgIpc) is 2.92. The lowest BCUT2D eigenvalue weighted by molar-refractivity contribution is 0.363. The Morgan fingerprint density at radius 1 is 1.05 bits per heavy atom. The van der Waals surface area contributed by atoms with E-state index in [9.17, 15) is 0 Å². The Morgan fingerprint density at radius 3 is 2.76 bits per heavy atom. The molecule has 4 rings (SSSR count). The number of aliphatic imine (C=N–C) groups is 1. The third-order valence-electron chi connectivity index (χ3n) is 4.66. The zero-order chi connectivity index (χ0) is 14.3. The predicted molar refractivity (Wildman–Crippen MR) is 87.6 cm³/mol. The van der Waals surface area contributed by atoms with Crippen LogP contribution in [0.3, 0.4) is 0 Å². The molecule has 0 aromatic heterocycles. The second-order valence-electron chi connectivity index (χ2n) is 6.10. The van der Waals surface area contributed by atoms with Gasteiger partial charge in [0, 0.05) is 5.56 Å². The van der Waals surface area contributed by atoms with E-state index in [0.29, 0.717) is 0 Å². The van der Waals surface area contributed by atoms with Crippen molar-refractivity contribution < 1.29 is 0 Å². The van der Waals surface area contributed by atoms with Crippen LogP contribution in [0.5, 0.6) is 0 Å². The van der Waals surface area contributed by atoms with Crippen LogP contribution >= 0.6 is 0 Å². The lowest BCUT2D eigenvalue weighted by Crippen LogP contribution is -2.50. The minimum Gasteiger partial charge on any atom is -0.362 e. The van der Waals surface area contributed by atoms with Gasteiger partial charge in [0.25, 0.3) is 0 Å². The molecule has 1 aliphatic carbocycles. The third-order valence-corrected chi connectivity index (χ3v) is 4.66. The molecule has 1 N–H and O–H groups in total. The molecule has 1 spiro atoms. The molecule has 1 aliphatic heterocycles. The summed E-state index contributed by atoms with van der Waals surface area (Å²) in [5.74, 6) is 1.03. The van der Waals surface area contributed by atoms with E-state index in [-0.39, 0.29) is 5.54 Å². The van der Waals surface area contributed by atoms with E-state index < -0.39 is 0 Å². The molecule has 0 saturated carbocycles.